The fourth-order valence-corrected chi connectivity index (χ4v) is 6.90. The molecule has 4 aromatic rings. The van der Waals surface area contributed by atoms with Gasteiger partial charge >= 0.3 is 0 Å². The summed E-state index contributed by atoms with van der Waals surface area (Å²) >= 11 is 7.49. The van der Waals surface area contributed by atoms with E-state index in [9.17, 15) is 0 Å². The molecule has 0 saturated carbocycles. The molecule has 0 N–H and O–H groups in total. The minimum absolute atomic E-state index is 1.11. The van der Waals surface area contributed by atoms with Gasteiger partial charge in [0.05, 0.1) is 0 Å². The highest BCUT2D eigenvalue weighted by atomic mass is 79.9. The zero-order chi connectivity index (χ0) is 19.3. The first-order chi connectivity index (χ1) is 13.7. The fourth-order valence-electron chi connectivity index (χ4n) is 3.01. The Bertz CT molecular complexity index is 991. The van der Waals surface area contributed by atoms with E-state index in [0.29, 0.717) is 0 Å². The molecule has 0 aliphatic rings. The van der Waals surface area contributed by atoms with E-state index in [2.05, 4.69) is 129 Å². The largest absolute Gasteiger partial charge is 0.0622 e. The predicted molar refractivity (Wildman–Crippen MR) is 131 cm³/mol. The summed E-state index contributed by atoms with van der Waals surface area (Å²) in [5.41, 5.74) is 4.90. The summed E-state index contributed by atoms with van der Waals surface area (Å²) < 4.78 is 2.23. The topological polar surface area (TPSA) is 0 Å². The molecule has 0 heterocycles. The molecule has 0 aromatic heterocycles. The summed E-state index contributed by atoms with van der Waals surface area (Å²) in [4.78, 5) is 2.48. The highest BCUT2D eigenvalue weighted by Gasteiger charge is 2.14. The van der Waals surface area contributed by atoms with E-state index in [1.54, 1.807) is 21.6 Å². The first-order valence-corrected chi connectivity index (χ1v) is 12.5. The van der Waals surface area contributed by atoms with Crippen molar-refractivity contribution < 1.29 is 0 Å². The summed E-state index contributed by atoms with van der Waals surface area (Å²) in [7, 11) is 3.59. The van der Waals surface area contributed by atoms with Crippen molar-refractivity contribution in [1.29, 1.82) is 0 Å². The maximum atomic E-state index is 3.74. The molecule has 0 unspecified atom stereocenters. The Hall–Kier alpha value is -1.46. The van der Waals surface area contributed by atoms with Crippen LogP contribution in [-0.4, -0.2) is 0 Å². The van der Waals surface area contributed by atoms with Crippen LogP contribution in [0.4, 0.5) is 0 Å². The van der Waals surface area contributed by atoms with Crippen molar-refractivity contribution in [2.75, 3.05) is 0 Å². The van der Waals surface area contributed by atoms with Gasteiger partial charge in [0.2, 0.25) is 0 Å². The Balaban J connectivity index is 1.69. The Morgan fingerprint density at radius 1 is 0.429 bits per heavy atom. The third-order valence-electron chi connectivity index (χ3n) is 4.30. The highest BCUT2D eigenvalue weighted by Crippen LogP contribution is 2.48. The first kappa shape index (κ1) is 19.8. The summed E-state index contributed by atoms with van der Waals surface area (Å²) in [5, 5.41) is 0. The SMILES string of the molecule is Brc1cccc(SSc2cccc(Br)c2-c2ccccc2)c1-c1ccccc1. The quantitative estimate of drug-likeness (QED) is 0.237. The van der Waals surface area contributed by atoms with Gasteiger partial charge in [-0.15, -0.1) is 0 Å². The molecular weight excluding hydrogens is 512 g/mol. The van der Waals surface area contributed by atoms with Crippen LogP contribution in [0, 0.1) is 0 Å². The molecule has 0 aliphatic heterocycles. The average Bonchev–Trinajstić information content (AvgIpc) is 2.73. The van der Waals surface area contributed by atoms with Crippen LogP contribution >= 0.6 is 53.4 Å². The van der Waals surface area contributed by atoms with Crippen LogP contribution in [0.3, 0.4) is 0 Å². The second kappa shape index (κ2) is 9.36. The van der Waals surface area contributed by atoms with E-state index < -0.39 is 0 Å². The molecule has 0 amide bonds. The lowest BCUT2D eigenvalue weighted by atomic mass is 10.1. The van der Waals surface area contributed by atoms with Crippen LogP contribution in [-0.2, 0) is 0 Å². The molecule has 0 aliphatic carbocycles. The average molecular weight is 528 g/mol. The maximum Gasteiger partial charge on any atom is 0.0276 e. The van der Waals surface area contributed by atoms with Crippen LogP contribution in [0.5, 0.6) is 0 Å². The first-order valence-electron chi connectivity index (χ1n) is 8.76. The number of hydrogen-bond acceptors (Lipinski definition) is 2. The van der Waals surface area contributed by atoms with Gasteiger partial charge in [0.15, 0.2) is 0 Å². The third kappa shape index (κ3) is 4.41. The molecule has 0 saturated heterocycles. The van der Waals surface area contributed by atoms with Crippen molar-refractivity contribution in [2.24, 2.45) is 0 Å². The van der Waals surface area contributed by atoms with Gasteiger partial charge in [0.1, 0.15) is 0 Å². The molecule has 0 radical (unpaired) electrons. The van der Waals surface area contributed by atoms with Crippen molar-refractivity contribution in [3.63, 3.8) is 0 Å². The van der Waals surface area contributed by atoms with Gasteiger partial charge in [-0.05, 0) is 35.4 Å². The monoisotopic (exact) mass is 526 g/mol. The van der Waals surface area contributed by atoms with Crippen molar-refractivity contribution >= 4 is 53.4 Å². The molecule has 0 spiro atoms. The third-order valence-corrected chi connectivity index (χ3v) is 8.07. The highest BCUT2D eigenvalue weighted by molar-refractivity contribution is 9.11. The second-order valence-corrected chi connectivity index (χ2v) is 10.0. The van der Waals surface area contributed by atoms with Crippen molar-refractivity contribution in [3.05, 3.63) is 106 Å². The van der Waals surface area contributed by atoms with E-state index in [4.69, 9.17) is 0 Å². The molecule has 0 nitrogen and oxygen atoms in total. The minimum Gasteiger partial charge on any atom is -0.0622 e. The van der Waals surface area contributed by atoms with Crippen LogP contribution in [0.25, 0.3) is 22.3 Å². The van der Waals surface area contributed by atoms with E-state index >= 15 is 0 Å². The van der Waals surface area contributed by atoms with Crippen LogP contribution in [0.1, 0.15) is 0 Å². The van der Waals surface area contributed by atoms with Crippen molar-refractivity contribution in [3.8, 4) is 22.3 Å². The summed E-state index contributed by atoms with van der Waals surface area (Å²) in [6.07, 6.45) is 0. The number of benzene rings is 4. The van der Waals surface area contributed by atoms with Crippen LogP contribution in [0.2, 0.25) is 0 Å². The summed E-state index contributed by atoms with van der Waals surface area (Å²) in [5.74, 6) is 0. The lowest BCUT2D eigenvalue weighted by molar-refractivity contribution is 1.42. The lowest BCUT2D eigenvalue weighted by Crippen LogP contribution is -1.85. The lowest BCUT2D eigenvalue weighted by Gasteiger charge is -2.14. The maximum absolute atomic E-state index is 3.74. The molecule has 4 aromatic carbocycles. The smallest absolute Gasteiger partial charge is 0.0276 e. The molecule has 138 valence electrons. The standard InChI is InChI=1S/C24H16Br2S2/c25-19-13-7-15-21(23(19)17-9-3-1-4-10-17)27-28-22-16-8-14-20(26)24(22)18-11-5-2-6-12-18/h1-16H. The molecular formula is C24H16Br2S2. The van der Waals surface area contributed by atoms with Gasteiger partial charge in [-0.3, -0.25) is 0 Å². The molecule has 0 fully saturated rings. The molecule has 0 bridgehead atoms. The summed E-state index contributed by atoms with van der Waals surface area (Å²) in [6, 6.07) is 33.8. The van der Waals surface area contributed by atoms with E-state index in [-0.39, 0.29) is 0 Å². The van der Waals surface area contributed by atoms with Crippen molar-refractivity contribution in [1.82, 2.24) is 0 Å². The number of halogens is 2. The van der Waals surface area contributed by atoms with Gasteiger partial charge in [0.25, 0.3) is 0 Å². The normalized spacial score (nSPS) is 10.8. The van der Waals surface area contributed by atoms with Gasteiger partial charge in [-0.1, -0.05) is 126 Å². The number of hydrogen-bond donors (Lipinski definition) is 0. The Morgan fingerprint density at radius 2 is 0.821 bits per heavy atom. The van der Waals surface area contributed by atoms with Gasteiger partial charge < -0.3 is 0 Å². The molecule has 28 heavy (non-hydrogen) atoms. The molecule has 4 rings (SSSR count). The Morgan fingerprint density at radius 3 is 1.21 bits per heavy atom. The number of rotatable bonds is 5. The van der Waals surface area contributed by atoms with Crippen LogP contribution < -0.4 is 0 Å². The fraction of sp³-hybridized carbons (Fsp3) is 0. The van der Waals surface area contributed by atoms with E-state index in [1.165, 1.54) is 32.0 Å². The Kier molecular flexibility index (Phi) is 6.63. The van der Waals surface area contributed by atoms with Gasteiger partial charge in [0, 0.05) is 29.9 Å². The van der Waals surface area contributed by atoms with E-state index in [1.807, 2.05) is 0 Å². The Labute approximate surface area is 190 Å². The molecule has 0 atom stereocenters. The van der Waals surface area contributed by atoms with Crippen LogP contribution in [0.15, 0.2) is 116 Å². The molecule has 4 heteroatoms. The zero-order valence-electron chi connectivity index (χ0n) is 14.8. The minimum atomic E-state index is 1.11. The zero-order valence-corrected chi connectivity index (χ0v) is 19.6. The summed E-state index contributed by atoms with van der Waals surface area (Å²) in [6.45, 7) is 0. The van der Waals surface area contributed by atoms with E-state index in [0.717, 1.165) is 8.95 Å². The van der Waals surface area contributed by atoms with Crippen molar-refractivity contribution in [2.45, 2.75) is 9.79 Å². The van der Waals surface area contributed by atoms with Gasteiger partial charge in [-0.25, -0.2) is 0 Å². The second-order valence-electron chi connectivity index (χ2n) is 6.12. The predicted octanol–water partition coefficient (Wildman–Crippen LogP) is 9.34. The van der Waals surface area contributed by atoms with Gasteiger partial charge in [-0.2, -0.15) is 0 Å².